The number of carbonyl (C=O) groups is 2. The van der Waals surface area contributed by atoms with Crippen molar-refractivity contribution in [3.05, 3.63) is 89.8 Å². The SMILES string of the molecule is CCCCC(CC)CN1C(=O)/C(=C2/C(=O)N(CC(CC)CCCC)c3cc(-c4ccc(/C=C/c5cc(Br)sc5Br)s4)ccc32)c2ccccc21. The highest BCUT2D eigenvalue weighted by atomic mass is 79.9. The molecule has 262 valence electrons. The van der Waals surface area contributed by atoms with Gasteiger partial charge in [0, 0.05) is 39.5 Å². The second kappa shape index (κ2) is 16.7. The van der Waals surface area contributed by atoms with Crippen LogP contribution in [-0.4, -0.2) is 24.9 Å². The third-order valence-electron chi connectivity index (χ3n) is 10.2. The molecule has 6 rings (SSSR count). The lowest BCUT2D eigenvalue weighted by molar-refractivity contribution is -0.114. The molecule has 0 fully saturated rings. The minimum absolute atomic E-state index is 0.0432. The van der Waals surface area contributed by atoms with E-state index < -0.39 is 0 Å². The van der Waals surface area contributed by atoms with Crippen LogP contribution in [0.3, 0.4) is 0 Å². The maximum absolute atomic E-state index is 14.7. The Morgan fingerprint density at radius 3 is 1.92 bits per heavy atom. The number of hydrogen-bond acceptors (Lipinski definition) is 4. The van der Waals surface area contributed by atoms with E-state index in [1.54, 1.807) is 22.7 Å². The van der Waals surface area contributed by atoms with E-state index in [-0.39, 0.29) is 11.8 Å². The number of fused-ring (bicyclic) bond motifs is 2. The molecule has 0 spiro atoms. The van der Waals surface area contributed by atoms with Crippen molar-refractivity contribution in [2.24, 2.45) is 11.8 Å². The van der Waals surface area contributed by atoms with Crippen molar-refractivity contribution in [2.45, 2.75) is 79.1 Å². The summed E-state index contributed by atoms with van der Waals surface area (Å²) >= 11 is 10.6. The Hall–Kier alpha value is -2.78. The quantitative estimate of drug-likeness (QED) is 0.112. The molecule has 50 heavy (non-hydrogen) atoms. The van der Waals surface area contributed by atoms with Crippen LogP contribution < -0.4 is 9.80 Å². The second-order valence-electron chi connectivity index (χ2n) is 13.5. The molecule has 0 N–H and O–H groups in total. The van der Waals surface area contributed by atoms with Crippen LogP contribution in [0.5, 0.6) is 0 Å². The van der Waals surface area contributed by atoms with E-state index in [2.05, 4.69) is 108 Å². The van der Waals surface area contributed by atoms with E-state index in [0.29, 0.717) is 36.1 Å². The number of rotatable bonds is 15. The fraction of sp³-hybridized carbons (Fsp3) is 0.381. The van der Waals surface area contributed by atoms with Crippen LogP contribution in [0.4, 0.5) is 11.4 Å². The maximum Gasteiger partial charge on any atom is 0.259 e. The highest BCUT2D eigenvalue weighted by molar-refractivity contribution is 9.12. The van der Waals surface area contributed by atoms with Crippen LogP contribution in [0.25, 0.3) is 33.7 Å². The molecule has 2 amide bonds. The van der Waals surface area contributed by atoms with Crippen LogP contribution in [0.2, 0.25) is 0 Å². The average Bonchev–Trinajstić information content (AvgIpc) is 3.86. The van der Waals surface area contributed by atoms with Gasteiger partial charge in [-0.1, -0.05) is 103 Å². The highest BCUT2D eigenvalue weighted by Gasteiger charge is 2.42. The van der Waals surface area contributed by atoms with Gasteiger partial charge in [-0.3, -0.25) is 9.59 Å². The summed E-state index contributed by atoms with van der Waals surface area (Å²) in [6.45, 7) is 10.2. The Bertz CT molecular complexity index is 1920. The molecule has 0 radical (unpaired) electrons. The summed E-state index contributed by atoms with van der Waals surface area (Å²) in [7, 11) is 0. The van der Waals surface area contributed by atoms with Gasteiger partial charge in [0.05, 0.1) is 30.1 Å². The molecule has 0 saturated carbocycles. The van der Waals surface area contributed by atoms with E-state index in [1.165, 1.54) is 0 Å². The number of carbonyl (C=O) groups excluding carboxylic acids is 2. The van der Waals surface area contributed by atoms with Crippen molar-refractivity contribution >= 4 is 101 Å². The molecule has 2 atom stereocenters. The van der Waals surface area contributed by atoms with E-state index >= 15 is 0 Å². The second-order valence-corrected chi connectivity index (χ2v) is 18.3. The predicted molar refractivity (Wildman–Crippen MR) is 223 cm³/mol. The van der Waals surface area contributed by atoms with Gasteiger partial charge in [-0.25, -0.2) is 0 Å². The molecular weight excluding hydrogens is 788 g/mol. The fourth-order valence-corrected chi connectivity index (χ4v) is 10.9. The van der Waals surface area contributed by atoms with Crippen molar-refractivity contribution < 1.29 is 9.59 Å². The molecule has 4 heterocycles. The van der Waals surface area contributed by atoms with Crippen LogP contribution >= 0.6 is 54.5 Å². The number of hydrogen-bond donors (Lipinski definition) is 0. The zero-order chi connectivity index (χ0) is 35.4. The monoisotopic (exact) mass is 832 g/mol. The molecule has 4 nitrogen and oxygen atoms in total. The van der Waals surface area contributed by atoms with E-state index in [9.17, 15) is 9.59 Å². The summed E-state index contributed by atoms with van der Waals surface area (Å²) in [6, 6.07) is 20.9. The van der Waals surface area contributed by atoms with Gasteiger partial charge in [0.1, 0.15) is 0 Å². The van der Waals surface area contributed by atoms with Gasteiger partial charge in [0.2, 0.25) is 0 Å². The first-order valence-electron chi connectivity index (χ1n) is 18.1. The van der Waals surface area contributed by atoms with E-state index in [1.807, 2.05) is 34.1 Å². The summed E-state index contributed by atoms with van der Waals surface area (Å²) in [6.07, 6.45) is 13.1. The Morgan fingerprint density at radius 1 is 0.700 bits per heavy atom. The molecular formula is C42H46Br2N2O2S2. The van der Waals surface area contributed by atoms with Crippen LogP contribution in [0.1, 0.15) is 101 Å². The topological polar surface area (TPSA) is 40.6 Å². The fourth-order valence-electron chi connectivity index (χ4n) is 7.19. The molecule has 2 aromatic heterocycles. The number of anilines is 2. The molecule has 0 bridgehead atoms. The number of amides is 2. The first-order chi connectivity index (χ1) is 24.3. The van der Waals surface area contributed by atoms with Gasteiger partial charge in [0.25, 0.3) is 11.8 Å². The zero-order valence-electron chi connectivity index (χ0n) is 29.4. The largest absolute Gasteiger partial charge is 0.307 e. The van der Waals surface area contributed by atoms with Crippen LogP contribution in [0, 0.1) is 11.8 Å². The van der Waals surface area contributed by atoms with Crippen LogP contribution in [-0.2, 0) is 9.59 Å². The molecule has 2 aliphatic heterocycles. The van der Waals surface area contributed by atoms with Crippen molar-refractivity contribution in [1.29, 1.82) is 0 Å². The minimum atomic E-state index is -0.0487. The molecule has 0 aliphatic carbocycles. The summed E-state index contributed by atoms with van der Waals surface area (Å²) in [5, 5.41) is 0. The number of halogens is 2. The third-order valence-corrected chi connectivity index (χ3v) is 13.7. The summed E-state index contributed by atoms with van der Waals surface area (Å²) in [5.41, 5.74) is 6.93. The normalized spacial score (nSPS) is 16.9. The maximum atomic E-state index is 14.7. The minimum Gasteiger partial charge on any atom is -0.307 e. The van der Waals surface area contributed by atoms with Gasteiger partial charge >= 0.3 is 0 Å². The smallest absolute Gasteiger partial charge is 0.259 e. The van der Waals surface area contributed by atoms with Crippen molar-refractivity contribution in [2.75, 3.05) is 22.9 Å². The first-order valence-corrected chi connectivity index (χ1v) is 21.3. The Morgan fingerprint density at radius 2 is 1.32 bits per heavy atom. The zero-order valence-corrected chi connectivity index (χ0v) is 34.2. The van der Waals surface area contributed by atoms with Crippen molar-refractivity contribution in [3.8, 4) is 10.4 Å². The summed E-state index contributed by atoms with van der Waals surface area (Å²) in [5.74, 6) is 0.720. The van der Waals surface area contributed by atoms with Crippen molar-refractivity contribution in [3.63, 3.8) is 0 Å². The standard InChI is InChI=1S/C42H46Br2N2O2S2/c1-5-9-13-27(7-3)25-45-34-16-12-11-15-32(34)38(41(45)47)39-33-21-18-29(23-35(33)46(42(39)48)26-28(8-4)14-10-6-2)36-22-20-31(49-36)19-17-30-24-37(43)50-40(30)44/h11-12,15-24,27-28H,5-10,13-14,25-26H2,1-4H3/b19-17+,39-38+. The Balaban J connectivity index is 1.41. The molecule has 8 heteroatoms. The lowest BCUT2D eigenvalue weighted by Crippen LogP contribution is -2.34. The van der Waals surface area contributed by atoms with E-state index in [0.717, 1.165) is 102 Å². The molecule has 2 aromatic carbocycles. The average molecular weight is 835 g/mol. The number of benzene rings is 2. The van der Waals surface area contributed by atoms with Crippen LogP contribution in [0.15, 0.2) is 68.2 Å². The third kappa shape index (κ3) is 7.69. The predicted octanol–water partition coefficient (Wildman–Crippen LogP) is 13.2. The van der Waals surface area contributed by atoms with Gasteiger partial charge in [-0.2, -0.15) is 0 Å². The van der Waals surface area contributed by atoms with Gasteiger partial charge in [-0.05, 0) is 98.5 Å². The number of nitrogens with zero attached hydrogens (tertiary/aromatic N) is 2. The molecule has 0 saturated heterocycles. The number of unbranched alkanes of at least 4 members (excludes halogenated alkanes) is 2. The summed E-state index contributed by atoms with van der Waals surface area (Å²) < 4.78 is 2.19. The Labute approximate surface area is 322 Å². The van der Waals surface area contributed by atoms with Gasteiger partial charge in [-0.15, -0.1) is 22.7 Å². The van der Waals surface area contributed by atoms with Gasteiger partial charge < -0.3 is 9.80 Å². The van der Waals surface area contributed by atoms with E-state index in [4.69, 9.17) is 0 Å². The molecule has 2 unspecified atom stereocenters. The first kappa shape index (κ1) is 37.0. The number of thiophene rings is 2. The molecule has 2 aliphatic rings. The lowest BCUT2D eigenvalue weighted by Gasteiger charge is -2.24. The Kier molecular flexibility index (Phi) is 12.4. The highest BCUT2D eigenvalue weighted by Crippen LogP contribution is 2.48. The molecule has 4 aromatic rings. The number of para-hydroxylation sites is 1. The van der Waals surface area contributed by atoms with Gasteiger partial charge in [0.15, 0.2) is 0 Å². The summed E-state index contributed by atoms with van der Waals surface area (Å²) in [4.78, 5) is 35.5. The lowest BCUT2D eigenvalue weighted by atomic mass is 9.95. The van der Waals surface area contributed by atoms with Crippen molar-refractivity contribution in [1.82, 2.24) is 0 Å².